The Morgan fingerprint density at radius 3 is 1.88 bits per heavy atom. The molecule has 33 heavy (non-hydrogen) atoms. The molecule has 1 heterocycles. The lowest BCUT2D eigenvalue weighted by atomic mass is 10.2. The molecular formula is C28H32O4Si. The Morgan fingerprint density at radius 2 is 1.36 bits per heavy atom. The maximum Gasteiger partial charge on any atom is 0.261 e. The van der Waals surface area contributed by atoms with Gasteiger partial charge in [0.1, 0.15) is 18.8 Å². The summed E-state index contributed by atoms with van der Waals surface area (Å²) in [5, 5.41) is 2.33. The van der Waals surface area contributed by atoms with Crippen LogP contribution in [0.5, 0.6) is 0 Å². The van der Waals surface area contributed by atoms with Crippen molar-refractivity contribution < 1.29 is 18.7 Å². The van der Waals surface area contributed by atoms with Crippen molar-refractivity contribution in [2.45, 2.75) is 44.6 Å². The molecule has 0 radical (unpaired) electrons. The number of carbonyl (C=O) groups excluding carboxylic acids is 1. The Bertz CT molecular complexity index is 992. The van der Waals surface area contributed by atoms with Gasteiger partial charge in [0.2, 0.25) is 0 Å². The number of Topliss-reactive ketones (excluding diaryl/α,β-unsaturated/α-hetero) is 1. The first-order chi connectivity index (χ1) is 15.9. The van der Waals surface area contributed by atoms with Crippen LogP contribution in [0, 0.1) is 0 Å². The van der Waals surface area contributed by atoms with Crippen molar-refractivity contribution in [3.63, 3.8) is 0 Å². The second kappa shape index (κ2) is 10.1. The van der Waals surface area contributed by atoms with Crippen molar-refractivity contribution in [2.24, 2.45) is 0 Å². The van der Waals surface area contributed by atoms with Gasteiger partial charge in [-0.1, -0.05) is 112 Å². The van der Waals surface area contributed by atoms with Crippen LogP contribution < -0.4 is 10.4 Å². The minimum Gasteiger partial charge on any atom is -0.405 e. The number of rotatable bonds is 10. The molecule has 2 atom stereocenters. The number of epoxide rings is 1. The molecule has 1 aliphatic heterocycles. The smallest absolute Gasteiger partial charge is 0.261 e. The van der Waals surface area contributed by atoms with E-state index in [0.717, 1.165) is 5.56 Å². The Morgan fingerprint density at radius 1 is 0.848 bits per heavy atom. The lowest BCUT2D eigenvalue weighted by molar-refractivity contribution is -0.125. The topological polar surface area (TPSA) is 48.1 Å². The number of hydrogen-bond donors (Lipinski definition) is 0. The molecule has 4 rings (SSSR count). The lowest BCUT2D eigenvalue weighted by Gasteiger charge is -2.43. The van der Waals surface area contributed by atoms with Crippen molar-refractivity contribution in [3.8, 4) is 0 Å². The second-order valence-electron chi connectivity index (χ2n) is 9.51. The molecule has 1 saturated heterocycles. The molecule has 5 heteroatoms. The van der Waals surface area contributed by atoms with E-state index in [1.807, 2.05) is 42.5 Å². The minimum absolute atomic E-state index is 0.0259. The molecular weight excluding hydrogens is 428 g/mol. The first-order valence-corrected chi connectivity index (χ1v) is 13.4. The van der Waals surface area contributed by atoms with Crippen molar-refractivity contribution >= 4 is 24.5 Å². The third kappa shape index (κ3) is 5.33. The van der Waals surface area contributed by atoms with Crippen molar-refractivity contribution in [3.05, 3.63) is 96.6 Å². The van der Waals surface area contributed by atoms with Crippen LogP contribution in [-0.2, 0) is 25.3 Å². The predicted octanol–water partition coefficient (Wildman–Crippen LogP) is 4.12. The molecule has 0 amide bonds. The van der Waals surface area contributed by atoms with Gasteiger partial charge in [-0.05, 0) is 21.0 Å². The first-order valence-electron chi connectivity index (χ1n) is 11.5. The van der Waals surface area contributed by atoms with Gasteiger partial charge in [0.15, 0.2) is 5.78 Å². The van der Waals surface area contributed by atoms with Crippen LogP contribution in [0.3, 0.4) is 0 Å². The Labute approximate surface area is 197 Å². The molecule has 172 valence electrons. The van der Waals surface area contributed by atoms with Gasteiger partial charge in [0.05, 0.1) is 13.2 Å². The van der Waals surface area contributed by atoms with Gasteiger partial charge in [-0.2, -0.15) is 0 Å². The normalized spacial score (nSPS) is 18.2. The van der Waals surface area contributed by atoms with Crippen LogP contribution in [0.1, 0.15) is 26.3 Å². The molecule has 3 aromatic carbocycles. The highest BCUT2D eigenvalue weighted by molar-refractivity contribution is 6.99. The maximum atomic E-state index is 12.6. The van der Waals surface area contributed by atoms with E-state index in [2.05, 4.69) is 69.3 Å². The maximum absolute atomic E-state index is 12.6. The monoisotopic (exact) mass is 460 g/mol. The van der Waals surface area contributed by atoms with E-state index >= 15 is 0 Å². The van der Waals surface area contributed by atoms with Crippen molar-refractivity contribution in [1.82, 2.24) is 0 Å². The van der Waals surface area contributed by atoms with E-state index in [0.29, 0.717) is 13.2 Å². The highest BCUT2D eigenvalue weighted by Crippen LogP contribution is 2.38. The fourth-order valence-corrected chi connectivity index (χ4v) is 9.02. The number of ether oxygens (including phenoxy) is 2. The average molecular weight is 461 g/mol. The van der Waals surface area contributed by atoms with Crippen LogP contribution in [0.15, 0.2) is 91.0 Å². The van der Waals surface area contributed by atoms with E-state index in [4.69, 9.17) is 13.9 Å². The molecule has 1 fully saturated rings. The fraction of sp³-hybridized carbons (Fsp3) is 0.321. The summed E-state index contributed by atoms with van der Waals surface area (Å²) >= 11 is 0. The summed E-state index contributed by atoms with van der Waals surface area (Å²) in [5.41, 5.74) is 1.05. The summed E-state index contributed by atoms with van der Waals surface area (Å²) in [6.45, 7) is 7.59. The summed E-state index contributed by atoms with van der Waals surface area (Å²) in [6.07, 6.45) is -0.668. The largest absolute Gasteiger partial charge is 0.405 e. The molecule has 1 aliphatic rings. The van der Waals surface area contributed by atoms with Crippen molar-refractivity contribution in [2.75, 3.05) is 13.2 Å². The predicted molar refractivity (Wildman–Crippen MR) is 133 cm³/mol. The number of carbonyl (C=O) groups is 1. The van der Waals surface area contributed by atoms with Crippen LogP contribution in [-0.4, -0.2) is 39.5 Å². The zero-order chi connectivity index (χ0) is 23.3. The summed E-state index contributed by atoms with van der Waals surface area (Å²) in [7, 11) is -2.63. The van der Waals surface area contributed by atoms with Gasteiger partial charge >= 0.3 is 0 Å². The summed E-state index contributed by atoms with van der Waals surface area (Å²) < 4.78 is 18.2. The average Bonchev–Trinajstić information content (AvgIpc) is 3.61. The standard InChI is InChI=1S/C28H32O4Si/c1-28(2,3)33(23-15-9-5-10-16-23,24-17-11-6-12-18-24)31-21-26-27(32-26)25(29)20-30-19-22-13-7-4-8-14-22/h4-18,26-27H,19-21H2,1-3H3/t26-,27-/m0/s1. The lowest BCUT2D eigenvalue weighted by Crippen LogP contribution is -2.66. The summed E-state index contributed by atoms with van der Waals surface area (Å²) in [6, 6.07) is 30.9. The van der Waals surface area contributed by atoms with E-state index in [-0.39, 0.29) is 23.5 Å². The van der Waals surface area contributed by atoms with E-state index < -0.39 is 14.4 Å². The van der Waals surface area contributed by atoms with Crippen LogP contribution in [0.4, 0.5) is 0 Å². The van der Waals surface area contributed by atoms with E-state index in [1.165, 1.54) is 10.4 Å². The number of hydrogen-bond acceptors (Lipinski definition) is 4. The molecule has 0 aromatic heterocycles. The zero-order valence-electron chi connectivity index (χ0n) is 19.6. The van der Waals surface area contributed by atoms with Gasteiger partial charge < -0.3 is 13.9 Å². The number of ketones is 1. The summed E-state index contributed by atoms with van der Waals surface area (Å²) in [4.78, 5) is 12.6. The molecule has 0 bridgehead atoms. The van der Waals surface area contributed by atoms with Crippen LogP contribution in [0.2, 0.25) is 5.04 Å². The van der Waals surface area contributed by atoms with Gasteiger partial charge in [-0.25, -0.2) is 0 Å². The molecule has 0 saturated carbocycles. The SMILES string of the molecule is CC(C)(C)[Si](OC[C@@H]1O[C@H]1C(=O)COCc1ccccc1)(c1ccccc1)c1ccccc1. The quantitative estimate of drug-likeness (QED) is 0.337. The molecule has 0 spiro atoms. The van der Waals surface area contributed by atoms with E-state index in [9.17, 15) is 4.79 Å². The molecule has 0 unspecified atom stereocenters. The van der Waals surface area contributed by atoms with Crippen molar-refractivity contribution in [1.29, 1.82) is 0 Å². The van der Waals surface area contributed by atoms with Gasteiger partial charge in [-0.15, -0.1) is 0 Å². The molecule has 0 N–H and O–H groups in total. The molecule has 4 nitrogen and oxygen atoms in total. The third-order valence-electron chi connectivity index (χ3n) is 6.14. The van der Waals surface area contributed by atoms with E-state index in [1.54, 1.807) is 0 Å². The second-order valence-corrected chi connectivity index (χ2v) is 13.8. The summed E-state index contributed by atoms with van der Waals surface area (Å²) in [5.74, 6) is -0.0259. The highest BCUT2D eigenvalue weighted by Gasteiger charge is 2.53. The van der Waals surface area contributed by atoms with Gasteiger partial charge in [-0.3, -0.25) is 4.79 Å². The Hall–Kier alpha value is -2.57. The highest BCUT2D eigenvalue weighted by atomic mass is 28.4. The van der Waals surface area contributed by atoms with Crippen LogP contribution in [0.25, 0.3) is 0 Å². The molecule has 0 aliphatic carbocycles. The minimum atomic E-state index is -2.63. The number of benzene rings is 3. The zero-order valence-corrected chi connectivity index (χ0v) is 20.6. The van der Waals surface area contributed by atoms with Crippen LogP contribution >= 0.6 is 0 Å². The van der Waals surface area contributed by atoms with Gasteiger partial charge in [0.25, 0.3) is 8.32 Å². The fourth-order valence-electron chi connectivity index (χ4n) is 4.45. The Balaban J connectivity index is 1.43. The van der Waals surface area contributed by atoms with Gasteiger partial charge in [0, 0.05) is 0 Å². The molecule has 3 aromatic rings. The third-order valence-corrected chi connectivity index (χ3v) is 11.1. The first kappa shape index (κ1) is 23.6. The Kier molecular flexibility index (Phi) is 7.25.